The lowest BCUT2D eigenvalue weighted by Gasteiger charge is -2.27. The maximum atomic E-state index is 13.8. The van der Waals surface area contributed by atoms with Gasteiger partial charge in [-0.2, -0.15) is 4.31 Å². The van der Waals surface area contributed by atoms with E-state index in [0.717, 1.165) is 38.5 Å². The molecule has 1 heterocycles. The van der Waals surface area contributed by atoms with Gasteiger partial charge in [0.25, 0.3) is 0 Å². The third-order valence-electron chi connectivity index (χ3n) is 6.81. The van der Waals surface area contributed by atoms with Crippen LogP contribution in [0.4, 0.5) is 4.39 Å². The number of halogens is 1. The molecule has 0 atom stereocenters. The minimum atomic E-state index is -4.10. The Hall–Kier alpha value is -3.93. The Labute approximate surface area is 239 Å². The van der Waals surface area contributed by atoms with Crippen molar-refractivity contribution in [1.29, 1.82) is 0 Å². The zero-order chi connectivity index (χ0) is 29.4. The molecule has 1 aromatic heterocycles. The molecule has 4 rings (SSSR count). The van der Waals surface area contributed by atoms with E-state index in [0.29, 0.717) is 24.5 Å². The number of carbonyl (C=O) groups is 1. The van der Waals surface area contributed by atoms with Crippen molar-refractivity contribution in [3.05, 3.63) is 89.9 Å². The highest BCUT2D eigenvalue weighted by Gasteiger charge is 2.29. The minimum Gasteiger partial charge on any atom is -0.493 e. The van der Waals surface area contributed by atoms with Crippen molar-refractivity contribution in [3.63, 3.8) is 0 Å². The van der Waals surface area contributed by atoms with Crippen LogP contribution in [0, 0.1) is 5.82 Å². The first kappa shape index (κ1) is 30.0. The van der Waals surface area contributed by atoms with Crippen LogP contribution >= 0.6 is 0 Å². The number of ether oxygens (including phenoxy) is 3. The molecule has 0 bridgehead atoms. The van der Waals surface area contributed by atoms with Crippen molar-refractivity contribution in [2.24, 2.45) is 0 Å². The van der Waals surface area contributed by atoms with Crippen LogP contribution in [0.3, 0.4) is 0 Å². The van der Waals surface area contributed by atoms with Crippen molar-refractivity contribution >= 4 is 26.8 Å². The number of para-hydroxylation sites is 1. The molecule has 0 saturated heterocycles. The lowest BCUT2D eigenvalue weighted by Crippen LogP contribution is -2.44. The van der Waals surface area contributed by atoms with Crippen molar-refractivity contribution in [2.45, 2.75) is 17.9 Å². The average molecular weight is 584 g/mol. The molecule has 218 valence electrons. The quantitative estimate of drug-likeness (QED) is 0.239. The Kier molecular flexibility index (Phi) is 9.98. The van der Waals surface area contributed by atoms with E-state index in [1.165, 1.54) is 26.4 Å². The van der Waals surface area contributed by atoms with Crippen molar-refractivity contribution in [3.8, 4) is 11.5 Å². The van der Waals surface area contributed by atoms with Gasteiger partial charge in [0.05, 0.1) is 32.3 Å². The first-order valence-electron chi connectivity index (χ1n) is 13.0. The summed E-state index contributed by atoms with van der Waals surface area (Å²) in [6.07, 6.45) is 2.47. The first-order valence-corrected chi connectivity index (χ1v) is 14.5. The summed E-state index contributed by atoms with van der Waals surface area (Å²) >= 11 is 0. The Bertz CT molecular complexity index is 1570. The molecule has 4 aromatic rings. The number of fused-ring (bicyclic) bond motifs is 1. The molecule has 0 unspecified atom stereocenters. The van der Waals surface area contributed by atoms with Gasteiger partial charge in [-0.1, -0.05) is 24.3 Å². The number of benzene rings is 3. The van der Waals surface area contributed by atoms with Crippen LogP contribution in [0.5, 0.6) is 11.5 Å². The van der Waals surface area contributed by atoms with Gasteiger partial charge in [-0.25, -0.2) is 12.8 Å². The molecule has 0 aliphatic carbocycles. The van der Waals surface area contributed by atoms with Gasteiger partial charge in [0, 0.05) is 43.8 Å². The maximum absolute atomic E-state index is 13.8. The Balaban J connectivity index is 1.61. The highest BCUT2D eigenvalue weighted by atomic mass is 32.2. The van der Waals surface area contributed by atoms with E-state index in [-0.39, 0.29) is 30.5 Å². The zero-order valence-corrected chi connectivity index (χ0v) is 24.1. The summed E-state index contributed by atoms with van der Waals surface area (Å²) in [5, 5.41) is 1.06. The third kappa shape index (κ3) is 7.24. The molecule has 0 radical (unpaired) electrons. The molecule has 11 heteroatoms. The van der Waals surface area contributed by atoms with Gasteiger partial charge >= 0.3 is 0 Å². The standard InChI is InChI=1S/C30H34FN3O6S/c1-38-17-16-34(41(36,37)25-11-9-24(31)10-12-25)21-30(35)33(20-22-8-13-28(39-2)29(18-22)40-3)15-14-23-19-32-27-7-5-4-6-26(23)27/h4-13,18-19,32H,14-17,20-21H2,1-3H3. The zero-order valence-electron chi connectivity index (χ0n) is 23.3. The molecule has 0 aliphatic rings. The molecule has 1 amide bonds. The number of carbonyl (C=O) groups excluding carboxylic acids is 1. The number of nitrogens with one attached hydrogen (secondary N) is 1. The number of H-pyrrole nitrogens is 1. The molecule has 0 saturated carbocycles. The van der Waals surface area contributed by atoms with E-state index in [1.54, 1.807) is 24.1 Å². The largest absolute Gasteiger partial charge is 0.493 e. The normalized spacial score (nSPS) is 11.6. The summed E-state index contributed by atoms with van der Waals surface area (Å²) in [5.41, 5.74) is 2.83. The van der Waals surface area contributed by atoms with E-state index in [4.69, 9.17) is 14.2 Å². The Morgan fingerprint density at radius 3 is 2.37 bits per heavy atom. The predicted molar refractivity (Wildman–Crippen MR) is 154 cm³/mol. The topological polar surface area (TPSA) is 101 Å². The number of sulfonamides is 1. The van der Waals surface area contributed by atoms with Crippen LogP contribution in [-0.4, -0.2) is 76.1 Å². The fourth-order valence-electron chi connectivity index (χ4n) is 4.57. The summed E-state index contributed by atoms with van der Waals surface area (Å²) < 4.78 is 57.4. The fourth-order valence-corrected chi connectivity index (χ4v) is 5.94. The van der Waals surface area contributed by atoms with Crippen LogP contribution in [0.2, 0.25) is 0 Å². The number of aromatic amines is 1. The van der Waals surface area contributed by atoms with Crippen LogP contribution in [-0.2, 0) is 32.5 Å². The number of amides is 1. The van der Waals surface area contributed by atoms with Gasteiger partial charge in [0.1, 0.15) is 5.82 Å². The van der Waals surface area contributed by atoms with Crippen LogP contribution in [0.15, 0.2) is 77.8 Å². The van der Waals surface area contributed by atoms with E-state index < -0.39 is 22.4 Å². The Morgan fingerprint density at radius 2 is 1.66 bits per heavy atom. The van der Waals surface area contributed by atoms with Gasteiger partial charge in [-0.15, -0.1) is 0 Å². The molecule has 1 N–H and O–H groups in total. The second-order valence-corrected chi connectivity index (χ2v) is 11.3. The molecule has 3 aromatic carbocycles. The highest BCUT2D eigenvalue weighted by Crippen LogP contribution is 2.28. The number of hydrogen-bond acceptors (Lipinski definition) is 6. The molecule has 41 heavy (non-hydrogen) atoms. The van der Waals surface area contributed by atoms with Crippen LogP contribution in [0.25, 0.3) is 10.9 Å². The summed E-state index contributed by atoms with van der Waals surface area (Å²) in [4.78, 5) is 18.6. The van der Waals surface area contributed by atoms with Crippen LogP contribution < -0.4 is 9.47 Å². The van der Waals surface area contributed by atoms with Gasteiger partial charge in [0.15, 0.2) is 11.5 Å². The molecule has 0 fully saturated rings. The molecular formula is C30H34FN3O6S. The number of hydrogen-bond donors (Lipinski definition) is 1. The smallest absolute Gasteiger partial charge is 0.243 e. The summed E-state index contributed by atoms with van der Waals surface area (Å²) in [6.45, 7) is 0.178. The highest BCUT2D eigenvalue weighted by molar-refractivity contribution is 7.89. The summed E-state index contributed by atoms with van der Waals surface area (Å²) in [5.74, 6) is 0.141. The summed E-state index contributed by atoms with van der Waals surface area (Å²) in [6, 6.07) is 17.8. The van der Waals surface area contributed by atoms with Crippen molar-refractivity contribution in [2.75, 3.05) is 47.6 Å². The molecule has 0 aliphatic heterocycles. The van der Waals surface area contributed by atoms with Gasteiger partial charge in [-0.05, 0) is 60.0 Å². The minimum absolute atomic E-state index is 0.0470. The number of methoxy groups -OCH3 is 3. The third-order valence-corrected chi connectivity index (χ3v) is 8.67. The van der Waals surface area contributed by atoms with Gasteiger partial charge < -0.3 is 24.1 Å². The van der Waals surface area contributed by atoms with E-state index >= 15 is 0 Å². The van der Waals surface area contributed by atoms with Crippen LogP contribution in [0.1, 0.15) is 11.1 Å². The van der Waals surface area contributed by atoms with E-state index in [1.807, 2.05) is 36.5 Å². The first-order chi connectivity index (χ1) is 19.8. The Morgan fingerprint density at radius 1 is 0.927 bits per heavy atom. The molecular weight excluding hydrogens is 549 g/mol. The van der Waals surface area contributed by atoms with E-state index in [2.05, 4.69) is 4.98 Å². The van der Waals surface area contributed by atoms with Crippen molar-refractivity contribution < 1.29 is 31.8 Å². The number of nitrogens with zero attached hydrogens (tertiary/aromatic N) is 2. The maximum Gasteiger partial charge on any atom is 0.243 e. The lowest BCUT2D eigenvalue weighted by atomic mass is 10.1. The predicted octanol–water partition coefficient (Wildman–Crippen LogP) is 4.23. The molecule has 0 spiro atoms. The fraction of sp³-hybridized carbons (Fsp3) is 0.300. The van der Waals surface area contributed by atoms with Crippen molar-refractivity contribution in [1.82, 2.24) is 14.2 Å². The van der Waals surface area contributed by atoms with E-state index in [9.17, 15) is 17.6 Å². The lowest BCUT2D eigenvalue weighted by molar-refractivity contribution is -0.132. The number of rotatable bonds is 14. The number of aromatic nitrogens is 1. The average Bonchev–Trinajstić information content (AvgIpc) is 3.40. The van der Waals surface area contributed by atoms with Gasteiger partial charge in [0.2, 0.25) is 15.9 Å². The van der Waals surface area contributed by atoms with Gasteiger partial charge in [-0.3, -0.25) is 4.79 Å². The monoisotopic (exact) mass is 583 g/mol. The summed E-state index contributed by atoms with van der Waals surface area (Å²) in [7, 11) is 0.437. The molecule has 9 nitrogen and oxygen atoms in total. The second-order valence-electron chi connectivity index (χ2n) is 9.40. The second kappa shape index (κ2) is 13.6. The SMILES string of the molecule is COCCN(CC(=O)N(CCc1c[nH]c2ccccc12)Cc1ccc(OC)c(OC)c1)S(=O)(=O)c1ccc(F)cc1.